The Hall–Kier alpha value is -1.39. The summed E-state index contributed by atoms with van der Waals surface area (Å²) in [7, 11) is 0. The highest BCUT2D eigenvalue weighted by atomic mass is 19.4. The summed E-state index contributed by atoms with van der Waals surface area (Å²) in [6.07, 6.45) is -3.49. The Morgan fingerprint density at radius 2 is 1.94 bits per heavy atom. The van der Waals surface area contributed by atoms with Gasteiger partial charge in [0.25, 0.3) is 0 Å². The lowest BCUT2D eigenvalue weighted by molar-refractivity contribution is -0.138. The molecule has 0 N–H and O–H groups in total. The molecule has 0 aromatic heterocycles. The third kappa shape index (κ3) is 3.31. The van der Waals surface area contributed by atoms with Gasteiger partial charge < -0.3 is 0 Å². The van der Waals surface area contributed by atoms with E-state index in [1.807, 2.05) is 6.92 Å². The maximum Gasteiger partial charge on any atom is 0.417 e. The van der Waals surface area contributed by atoms with Crippen LogP contribution in [-0.2, 0) is 6.18 Å². The molecule has 1 aromatic carbocycles. The summed E-state index contributed by atoms with van der Waals surface area (Å²) in [6.45, 7) is 3.39. The van der Waals surface area contributed by atoms with Crippen molar-refractivity contribution in [1.29, 1.82) is 0 Å². The number of rotatable bonds is 4. The van der Waals surface area contributed by atoms with Crippen LogP contribution in [0.2, 0.25) is 0 Å². The monoisotopic (exact) mass is 262 g/mol. The van der Waals surface area contributed by atoms with E-state index in [9.17, 15) is 22.4 Å². The predicted molar refractivity (Wildman–Crippen MR) is 59.8 cm³/mol. The van der Waals surface area contributed by atoms with Gasteiger partial charge in [-0.1, -0.05) is 20.3 Å². The molecule has 0 aliphatic rings. The van der Waals surface area contributed by atoms with E-state index < -0.39 is 34.8 Å². The van der Waals surface area contributed by atoms with Gasteiger partial charge in [0.05, 0.1) is 5.56 Å². The van der Waals surface area contributed by atoms with Gasteiger partial charge in [0.15, 0.2) is 5.78 Å². The summed E-state index contributed by atoms with van der Waals surface area (Å²) in [5, 5.41) is 0. The normalized spacial score (nSPS) is 13.4. The first kappa shape index (κ1) is 14.7. The average Bonchev–Trinajstić information content (AvgIpc) is 2.26. The van der Waals surface area contributed by atoms with Gasteiger partial charge in [-0.3, -0.25) is 4.79 Å². The molecule has 1 rings (SSSR count). The smallest absolute Gasteiger partial charge is 0.294 e. The highest BCUT2D eigenvalue weighted by molar-refractivity contribution is 5.99. The van der Waals surface area contributed by atoms with Gasteiger partial charge in [0, 0.05) is 11.5 Å². The number of carbonyl (C=O) groups is 1. The van der Waals surface area contributed by atoms with E-state index in [1.165, 1.54) is 0 Å². The van der Waals surface area contributed by atoms with Gasteiger partial charge in [-0.25, -0.2) is 4.39 Å². The van der Waals surface area contributed by atoms with Gasteiger partial charge in [-0.15, -0.1) is 0 Å². The molecule has 0 radical (unpaired) electrons. The number of benzene rings is 1. The van der Waals surface area contributed by atoms with Crippen molar-refractivity contribution in [3.8, 4) is 0 Å². The first-order chi connectivity index (χ1) is 8.27. The molecule has 1 atom stereocenters. The minimum Gasteiger partial charge on any atom is -0.294 e. The van der Waals surface area contributed by atoms with E-state index in [0.29, 0.717) is 31.0 Å². The molecule has 100 valence electrons. The number of carbonyl (C=O) groups excluding carboxylic acids is 1. The van der Waals surface area contributed by atoms with Gasteiger partial charge in [-0.2, -0.15) is 13.2 Å². The predicted octanol–water partition coefficient (Wildman–Crippen LogP) is 4.46. The topological polar surface area (TPSA) is 17.1 Å². The van der Waals surface area contributed by atoms with Crippen molar-refractivity contribution < 1.29 is 22.4 Å². The van der Waals surface area contributed by atoms with Crippen LogP contribution in [0.15, 0.2) is 18.2 Å². The molecule has 0 fully saturated rings. The second kappa shape index (κ2) is 5.50. The van der Waals surface area contributed by atoms with Gasteiger partial charge in [0.1, 0.15) is 5.82 Å². The van der Waals surface area contributed by atoms with Gasteiger partial charge in [-0.05, 0) is 24.6 Å². The van der Waals surface area contributed by atoms with E-state index in [-0.39, 0.29) is 0 Å². The van der Waals surface area contributed by atoms with Crippen LogP contribution >= 0.6 is 0 Å². The van der Waals surface area contributed by atoms with Crippen molar-refractivity contribution in [2.75, 3.05) is 0 Å². The molecule has 0 amide bonds. The molecule has 0 heterocycles. The molecule has 0 aliphatic heterocycles. The van der Waals surface area contributed by atoms with Crippen molar-refractivity contribution >= 4 is 5.78 Å². The summed E-state index contributed by atoms with van der Waals surface area (Å²) in [5.74, 6) is -2.04. The third-order valence-corrected chi connectivity index (χ3v) is 2.72. The van der Waals surface area contributed by atoms with Crippen LogP contribution in [0.25, 0.3) is 0 Å². The number of ketones is 1. The molecule has 1 aromatic rings. The van der Waals surface area contributed by atoms with Crippen molar-refractivity contribution in [3.05, 3.63) is 35.1 Å². The van der Waals surface area contributed by atoms with Gasteiger partial charge >= 0.3 is 6.18 Å². The van der Waals surface area contributed by atoms with Crippen LogP contribution in [0.4, 0.5) is 17.6 Å². The Kier molecular flexibility index (Phi) is 4.48. The van der Waals surface area contributed by atoms with Crippen molar-refractivity contribution in [2.24, 2.45) is 5.92 Å². The fourth-order valence-corrected chi connectivity index (χ4v) is 1.80. The van der Waals surface area contributed by atoms with Crippen LogP contribution in [0, 0.1) is 11.7 Å². The molecule has 0 aliphatic carbocycles. The summed E-state index contributed by atoms with van der Waals surface area (Å²) in [5.41, 5.74) is -1.65. The quantitative estimate of drug-likeness (QED) is 0.578. The molecule has 0 bridgehead atoms. The zero-order chi connectivity index (χ0) is 13.9. The van der Waals surface area contributed by atoms with Crippen molar-refractivity contribution in [3.63, 3.8) is 0 Å². The van der Waals surface area contributed by atoms with E-state index in [2.05, 4.69) is 0 Å². The van der Waals surface area contributed by atoms with Gasteiger partial charge in [0.2, 0.25) is 0 Å². The Bertz CT molecular complexity index is 437. The molecule has 1 nitrogen and oxygen atoms in total. The Morgan fingerprint density at radius 1 is 1.33 bits per heavy atom. The van der Waals surface area contributed by atoms with Crippen LogP contribution in [0.5, 0.6) is 0 Å². The maximum absolute atomic E-state index is 13.0. The number of Topliss-reactive ketones (excluding diaryl/α,β-unsaturated/α-hetero) is 1. The summed E-state index contributed by atoms with van der Waals surface area (Å²) >= 11 is 0. The van der Waals surface area contributed by atoms with E-state index in [1.54, 1.807) is 6.92 Å². The fraction of sp³-hybridized carbons (Fsp3) is 0.462. The number of halogens is 4. The molecule has 0 saturated heterocycles. The molecule has 1 unspecified atom stereocenters. The lowest BCUT2D eigenvalue weighted by Crippen LogP contribution is -2.18. The minimum absolute atomic E-state index is 0.479. The molecule has 18 heavy (non-hydrogen) atoms. The molecule has 0 spiro atoms. The van der Waals surface area contributed by atoms with Crippen LogP contribution < -0.4 is 0 Å². The molecular formula is C13H14F4O. The summed E-state index contributed by atoms with van der Waals surface area (Å²) in [4.78, 5) is 11.9. The third-order valence-electron chi connectivity index (χ3n) is 2.72. The Labute approximate surface area is 103 Å². The second-order valence-corrected chi connectivity index (χ2v) is 4.24. The Morgan fingerprint density at radius 3 is 2.44 bits per heavy atom. The molecule has 5 heteroatoms. The van der Waals surface area contributed by atoms with E-state index in [4.69, 9.17) is 0 Å². The van der Waals surface area contributed by atoms with Crippen molar-refractivity contribution in [1.82, 2.24) is 0 Å². The van der Waals surface area contributed by atoms with Crippen molar-refractivity contribution in [2.45, 2.75) is 32.9 Å². The molecular weight excluding hydrogens is 248 g/mol. The van der Waals surface area contributed by atoms with Crippen LogP contribution in [0.3, 0.4) is 0 Å². The average molecular weight is 262 g/mol. The fourth-order valence-electron chi connectivity index (χ4n) is 1.80. The largest absolute Gasteiger partial charge is 0.417 e. The summed E-state index contributed by atoms with van der Waals surface area (Å²) < 4.78 is 51.2. The van der Waals surface area contributed by atoms with E-state index in [0.717, 1.165) is 0 Å². The standard InChI is InChI=1S/C13H14F4O/c1-3-4-8(2)12(18)10-7-9(14)5-6-11(10)13(15,16)17/h5-8H,3-4H2,1-2H3. The Balaban J connectivity index is 3.21. The second-order valence-electron chi connectivity index (χ2n) is 4.24. The first-order valence-corrected chi connectivity index (χ1v) is 5.68. The summed E-state index contributed by atoms with van der Waals surface area (Å²) in [6, 6.07) is 1.99. The van der Waals surface area contributed by atoms with Crippen LogP contribution in [0.1, 0.15) is 42.6 Å². The first-order valence-electron chi connectivity index (χ1n) is 5.68. The lowest BCUT2D eigenvalue weighted by Gasteiger charge is -2.15. The SMILES string of the molecule is CCCC(C)C(=O)c1cc(F)ccc1C(F)(F)F. The molecule has 0 saturated carbocycles. The zero-order valence-electron chi connectivity index (χ0n) is 10.1. The number of hydrogen-bond acceptors (Lipinski definition) is 1. The maximum atomic E-state index is 13.0. The minimum atomic E-state index is -4.65. The number of alkyl halides is 3. The zero-order valence-corrected chi connectivity index (χ0v) is 10.1. The highest BCUT2D eigenvalue weighted by Crippen LogP contribution is 2.33. The van der Waals surface area contributed by atoms with E-state index >= 15 is 0 Å². The lowest BCUT2D eigenvalue weighted by atomic mass is 9.92. The number of hydrogen-bond donors (Lipinski definition) is 0. The highest BCUT2D eigenvalue weighted by Gasteiger charge is 2.36. The van der Waals surface area contributed by atoms with Crippen LogP contribution in [-0.4, -0.2) is 5.78 Å².